The minimum Gasteiger partial charge on any atom is -0.368 e. The first-order chi connectivity index (χ1) is 12.5. The molecule has 2 aromatic carbocycles. The van der Waals surface area contributed by atoms with Gasteiger partial charge < -0.3 is 15.1 Å². The number of nitrogens with one attached hydrogen (secondary N) is 1. The number of nitrogens with zero attached hydrogens (tertiary/aromatic N) is 2. The fourth-order valence-corrected chi connectivity index (χ4v) is 3.16. The zero-order valence-corrected chi connectivity index (χ0v) is 15.4. The highest BCUT2D eigenvalue weighted by atomic mass is 19.1. The maximum absolute atomic E-state index is 13.6. The number of carbonyl (C=O) groups excluding carboxylic acids is 1. The summed E-state index contributed by atoms with van der Waals surface area (Å²) >= 11 is 0. The van der Waals surface area contributed by atoms with E-state index in [1.807, 2.05) is 0 Å². The Kier molecular flexibility index (Phi) is 5.76. The summed E-state index contributed by atoms with van der Waals surface area (Å²) in [6.07, 6.45) is 0. The molecule has 1 fully saturated rings. The highest BCUT2D eigenvalue weighted by Crippen LogP contribution is 2.21. The Balaban J connectivity index is 1.50. The highest BCUT2D eigenvalue weighted by Gasteiger charge is 2.21. The molecule has 4 nitrogen and oxygen atoms in total. The Morgan fingerprint density at radius 1 is 1.04 bits per heavy atom. The molecule has 138 valence electrons. The van der Waals surface area contributed by atoms with Crippen LogP contribution in [0.4, 0.5) is 14.9 Å². The maximum atomic E-state index is 13.6. The van der Waals surface area contributed by atoms with E-state index in [9.17, 15) is 9.18 Å². The minimum atomic E-state index is -0.289. The van der Waals surface area contributed by atoms with Gasteiger partial charge in [0.25, 0.3) is 0 Å². The Labute approximate surface area is 154 Å². The summed E-state index contributed by atoms with van der Waals surface area (Å²) in [5.41, 5.74) is 3.03. The van der Waals surface area contributed by atoms with Gasteiger partial charge in [-0.25, -0.2) is 9.18 Å². The molecular formula is C21H26FN3O. The fourth-order valence-electron chi connectivity index (χ4n) is 3.16. The normalized spacial score (nSPS) is 14.6. The van der Waals surface area contributed by atoms with E-state index in [4.69, 9.17) is 0 Å². The van der Waals surface area contributed by atoms with Crippen LogP contribution in [0.25, 0.3) is 0 Å². The molecule has 5 heteroatoms. The van der Waals surface area contributed by atoms with Gasteiger partial charge in [0.1, 0.15) is 5.82 Å². The van der Waals surface area contributed by atoms with Crippen LogP contribution in [0.2, 0.25) is 0 Å². The van der Waals surface area contributed by atoms with Gasteiger partial charge in [0, 0.05) is 44.0 Å². The van der Waals surface area contributed by atoms with E-state index >= 15 is 0 Å². The summed E-state index contributed by atoms with van der Waals surface area (Å²) in [7, 11) is 0. The van der Waals surface area contributed by atoms with Crippen LogP contribution in [0.5, 0.6) is 0 Å². The van der Waals surface area contributed by atoms with Gasteiger partial charge in [0.2, 0.25) is 0 Å². The van der Waals surface area contributed by atoms with Gasteiger partial charge in [0.15, 0.2) is 0 Å². The van der Waals surface area contributed by atoms with Gasteiger partial charge in [-0.1, -0.05) is 44.2 Å². The standard InChI is InChI=1S/C21H26FN3O/c1-16(2)17-7-9-19(10-8-17)24-11-13-25(14-12-24)21(26)23-15-18-5-3-4-6-20(18)22/h3-10,16H,11-15H2,1-2H3,(H,23,26). The molecule has 2 aromatic rings. The molecule has 0 atom stereocenters. The van der Waals surface area contributed by atoms with Gasteiger partial charge in [-0.15, -0.1) is 0 Å². The third kappa shape index (κ3) is 4.34. The first-order valence-electron chi connectivity index (χ1n) is 9.15. The fraction of sp³-hybridized carbons (Fsp3) is 0.381. The number of rotatable bonds is 4. The molecule has 3 rings (SSSR count). The van der Waals surface area contributed by atoms with Crippen molar-refractivity contribution in [1.82, 2.24) is 10.2 Å². The summed E-state index contributed by atoms with van der Waals surface area (Å²) in [6, 6.07) is 15.0. The second-order valence-electron chi connectivity index (χ2n) is 6.97. The number of anilines is 1. The molecule has 1 heterocycles. The third-order valence-electron chi connectivity index (χ3n) is 4.88. The molecule has 0 bridgehead atoms. The smallest absolute Gasteiger partial charge is 0.317 e. The molecule has 2 amide bonds. The van der Waals surface area contributed by atoms with Crippen molar-refractivity contribution in [1.29, 1.82) is 0 Å². The second kappa shape index (κ2) is 8.21. The molecule has 26 heavy (non-hydrogen) atoms. The van der Waals surface area contributed by atoms with Gasteiger partial charge in [0.05, 0.1) is 0 Å². The molecule has 0 radical (unpaired) electrons. The lowest BCUT2D eigenvalue weighted by Gasteiger charge is -2.36. The van der Waals surface area contributed by atoms with Crippen molar-refractivity contribution in [2.45, 2.75) is 26.3 Å². The quantitative estimate of drug-likeness (QED) is 0.900. The van der Waals surface area contributed by atoms with Crippen LogP contribution in [-0.4, -0.2) is 37.1 Å². The van der Waals surface area contributed by atoms with E-state index < -0.39 is 0 Å². The Hall–Kier alpha value is -2.56. The van der Waals surface area contributed by atoms with E-state index in [-0.39, 0.29) is 18.4 Å². The highest BCUT2D eigenvalue weighted by molar-refractivity contribution is 5.74. The number of amides is 2. The van der Waals surface area contributed by atoms with E-state index in [0.29, 0.717) is 24.6 Å². The van der Waals surface area contributed by atoms with Crippen molar-refractivity contribution < 1.29 is 9.18 Å². The number of halogens is 1. The van der Waals surface area contributed by atoms with Crippen LogP contribution in [-0.2, 0) is 6.54 Å². The third-order valence-corrected chi connectivity index (χ3v) is 4.88. The van der Waals surface area contributed by atoms with E-state index in [1.54, 1.807) is 23.1 Å². The summed E-state index contributed by atoms with van der Waals surface area (Å²) in [6.45, 7) is 7.51. The van der Waals surface area contributed by atoms with Gasteiger partial charge >= 0.3 is 6.03 Å². The van der Waals surface area contributed by atoms with Crippen molar-refractivity contribution >= 4 is 11.7 Å². The lowest BCUT2D eigenvalue weighted by atomic mass is 10.0. The first-order valence-corrected chi connectivity index (χ1v) is 9.15. The van der Waals surface area contributed by atoms with Crippen LogP contribution in [0, 0.1) is 5.82 Å². The van der Waals surface area contributed by atoms with Crippen molar-refractivity contribution in [3.63, 3.8) is 0 Å². The molecule has 1 aliphatic rings. The number of benzene rings is 2. The van der Waals surface area contributed by atoms with Crippen LogP contribution < -0.4 is 10.2 Å². The summed E-state index contributed by atoms with van der Waals surface area (Å²) < 4.78 is 13.6. The van der Waals surface area contributed by atoms with Crippen LogP contribution in [0.1, 0.15) is 30.9 Å². The average molecular weight is 355 g/mol. The lowest BCUT2D eigenvalue weighted by molar-refractivity contribution is 0.194. The van der Waals surface area contributed by atoms with Gasteiger partial charge in [-0.3, -0.25) is 0 Å². The average Bonchev–Trinajstić information content (AvgIpc) is 2.67. The molecule has 0 aromatic heterocycles. The number of piperazine rings is 1. The predicted molar refractivity (Wildman–Crippen MR) is 103 cm³/mol. The van der Waals surface area contributed by atoms with Crippen molar-refractivity contribution in [3.05, 3.63) is 65.5 Å². The van der Waals surface area contributed by atoms with Gasteiger partial charge in [-0.05, 0) is 29.7 Å². The molecule has 1 N–H and O–H groups in total. The first kappa shape index (κ1) is 18.2. The van der Waals surface area contributed by atoms with Gasteiger partial charge in [-0.2, -0.15) is 0 Å². The molecule has 0 aliphatic carbocycles. The minimum absolute atomic E-state index is 0.136. The molecule has 0 saturated carbocycles. The van der Waals surface area contributed by atoms with Crippen LogP contribution in [0.15, 0.2) is 48.5 Å². The van der Waals surface area contributed by atoms with Crippen molar-refractivity contribution in [3.8, 4) is 0 Å². The van der Waals surface area contributed by atoms with E-state index in [1.165, 1.54) is 17.3 Å². The molecule has 0 spiro atoms. The largest absolute Gasteiger partial charge is 0.368 e. The topological polar surface area (TPSA) is 35.6 Å². The van der Waals surface area contributed by atoms with E-state index in [2.05, 4.69) is 48.3 Å². The number of urea groups is 1. The molecule has 1 saturated heterocycles. The Bertz CT molecular complexity index is 737. The van der Waals surface area contributed by atoms with E-state index in [0.717, 1.165) is 13.1 Å². The summed E-state index contributed by atoms with van der Waals surface area (Å²) in [5.74, 6) is 0.238. The SMILES string of the molecule is CC(C)c1ccc(N2CCN(C(=O)NCc3ccccc3F)CC2)cc1. The number of hydrogen-bond donors (Lipinski definition) is 1. The number of hydrogen-bond acceptors (Lipinski definition) is 2. The Morgan fingerprint density at radius 3 is 2.31 bits per heavy atom. The zero-order chi connectivity index (χ0) is 18.5. The van der Waals surface area contributed by atoms with Crippen LogP contribution in [0.3, 0.4) is 0 Å². The van der Waals surface area contributed by atoms with Crippen molar-refractivity contribution in [2.24, 2.45) is 0 Å². The lowest BCUT2D eigenvalue weighted by Crippen LogP contribution is -2.51. The second-order valence-corrected chi connectivity index (χ2v) is 6.97. The molecular weight excluding hydrogens is 329 g/mol. The number of carbonyl (C=O) groups is 1. The molecule has 1 aliphatic heterocycles. The predicted octanol–water partition coefficient (Wildman–Crippen LogP) is 3.98. The maximum Gasteiger partial charge on any atom is 0.317 e. The zero-order valence-electron chi connectivity index (χ0n) is 15.4. The van der Waals surface area contributed by atoms with Crippen molar-refractivity contribution in [2.75, 3.05) is 31.1 Å². The molecule has 0 unspecified atom stereocenters. The van der Waals surface area contributed by atoms with Crippen LogP contribution >= 0.6 is 0 Å². The summed E-state index contributed by atoms with van der Waals surface area (Å²) in [5, 5.41) is 2.81. The Morgan fingerprint density at radius 2 is 1.69 bits per heavy atom. The monoisotopic (exact) mass is 355 g/mol. The summed E-state index contributed by atoms with van der Waals surface area (Å²) in [4.78, 5) is 16.4.